The Balaban J connectivity index is 1.47. The van der Waals surface area contributed by atoms with E-state index in [-0.39, 0.29) is 11.9 Å². The summed E-state index contributed by atoms with van der Waals surface area (Å²) in [7, 11) is 0. The van der Waals surface area contributed by atoms with Crippen LogP contribution < -0.4 is 5.32 Å². The molecule has 2 aromatic rings. The van der Waals surface area contributed by atoms with Crippen molar-refractivity contribution in [2.24, 2.45) is 5.92 Å². The predicted molar refractivity (Wildman–Crippen MR) is 119 cm³/mol. The normalized spacial score (nSPS) is 27.9. The van der Waals surface area contributed by atoms with E-state index in [4.69, 9.17) is 11.6 Å². The van der Waals surface area contributed by atoms with E-state index in [1.54, 1.807) is 0 Å². The van der Waals surface area contributed by atoms with Crippen LogP contribution in [0.25, 0.3) is 0 Å². The third kappa shape index (κ3) is 3.36. The zero-order valence-corrected chi connectivity index (χ0v) is 17.5. The molecule has 4 atom stereocenters. The number of nitrogens with one attached hydrogen (secondary N) is 1. The van der Waals surface area contributed by atoms with E-state index < -0.39 is 0 Å². The molecule has 0 unspecified atom stereocenters. The largest absolute Gasteiger partial charge is 0.378 e. The number of amides is 1. The van der Waals surface area contributed by atoms with Crippen molar-refractivity contribution in [1.82, 2.24) is 4.90 Å². The summed E-state index contributed by atoms with van der Waals surface area (Å²) in [4.78, 5) is 15.2. The van der Waals surface area contributed by atoms with Gasteiger partial charge in [-0.3, -0.25) is 4.79 Å². The quantitative estimate of drug-likeness (QED) is 0.604. The van der Waals surface area contributed by atoms with Gasteiger partial charge in [-0.25, -0.2) is 0 Å². The number of halogens is 1. The molecule has 4 heteroatoms. The van der Waals surface area contributed by atoms with Gasteiger partial charge in [0.25, 0.3) is 5.91 Å². The summed E-state index contributed by atoms with van der Waals surface area (Å²) < 4.78 is 0. The molecule has 3 nitrogen and oxygen atoms in total. The van der Waals surface area contributed by atoms with E-state index in [0.717, 1.165) is 42.1 Å². The summed E-state index contributed by atoms with van der Waals surface area (Å²) in [6.07, 6.45) is 9.10. The number of fused-ring (bicyclic) bond motifs is 3. The number of allylic oxidation sites excluding steroid dienone is 2. The van der Waals surface area contributed by atoms with Crippen LogP contribution in [0.4, 0.5) is 5.69 Å². The molecule has 0 radical (unpaired) electrons. The topological polar surface area (TPSA) is 32.3 Å². The van der Waals surface area contributed by atoms with Crippen molar-refractivity contribution in [2.75, 3.05) is 11.9 Å². The number of benzene rings is 2. The van der Waals surface area contributed by atoms with Crippen molar-refractivity contribution in [3.05, 3.63) is 76.3 Å². The molecular weight excluding hydrogens is 380 g/mol. The highest BCUT2D eigenvalue weighted by molar-refractivity contribution is 6.30. The molecule has 2 aliphatic heterocycles. The lowest BCUT2D eigenvalue weighted by Crippen LogP contribution is -2.42. The molecule has 2 heterocycles. The van der Waals surface area contributed by atoms with Gasteiger partial charge >= 0.3 is 0 Å². The zero-order chi connectivity index (χ0) is 20.0. The molecule has 150 valence electrons. The summed E-state index contributed by atoms with van der Waals surface area (Å²) in [6.45, 7) is 3.05. The zero-order valence-electron chi connectivity index (χ0n) is 16.8. The van der Waals surface area contributed by atoms with Crippen molar-refractivity contribution in [3.63, 3.8) is 0 Å². The Morgan fingerprint density at radius 1 is 1.14 bits per heavy atom. The predicted octanol–water partition coefficient (Wildman–Crippen LogP) is 6.18. The first-order chi connectivity index (χ1) is 14.1. The van der Waals surface area contributed by atoms with E-state index in [2.05, 4.69) is 53.6 Å². The monoisotopic (exact) mass is 406 g/mol. The maximum absolute atomic E-state index is 13.2. The second kappa shape index (κ2) is 7.53. The Labute approximate surface area is 177 Å². The van der Waals surface area contributed by atoms with Crippen LogP contribution in [0.2, 0.25) is 5.02 Å². The molecule has 29 heavy (non-hydrogen) atoms. The lowest BCUT2D eigenvalue weighted by molar-refractivity contribution is 0.0635. The van der Waals surface area contributed by atoms with E-state index in [1.807, 2.05) is 18.2 Å². The van der Waals surface area contributed by atoms with Crippen LogP contribution >= 0.6 is 11.6 Å². The van der Waals surface area contributed by atoms with Gasteiger partial charge in [-0.1, -0.05) is 35.9 Å². The Morgan fingerprint density at radius 2 is 1.97 bits per heavy atom. The molecule has 0 bridgehead atoms. The number of hydrogen-bond acceptors (Lipinski definition) is 2. The lowest BCUT2D eigenvalue weighted by Gasteiger charge is -2.38. The molecule has 0 saturated carbocycles. The Kier molecular flexibility index (Phi) is 4.87. The van der Waals surface area contributed by atoms with Gasteiger partial charge in [0.2, 0.25) is 0 Å². The van der Waals surface area contributed by atoms with Crippen molar-refractivity contribution in [3.8, 4) is 0 Å². The van der Waals surface area contributed by atoms with Gasteiger partial charge in [0.05, 0.1) is 6.04 Å². The first kappa shape index (κ1) is 18.7. The van der Waals surface area contributed by atoms with Gasteiger partial charge in [0.15, 0.2) is 0 Å². The summed E-state index contributed by atoms with van der Waals surface area (Å²) in [5.74, 6) is 0.986. The highest BCUT2D eigenvalue weighted by Crippen LogP contribution is 2.50. The van der Waals surface area contributed by atoms with Crippen molar-refractivity contribution >= 4 is 23.2 Å². The third-order valence-corrected chi connectivity index (χ3v) is 7.15. The van der Waals surface area contributed by atoms with Crippen molar-refractivity contribution < 1.29 is 4.79 Å². The van der Waals surface area contributed by atoms with Crippen LogP contribution in [0.1, 0.15) is 66.1 Å². The number of carbonyl (C=O) groups excluding carboxylic acids is 1. The van der Waals surface area contributed by atoms with Gasteiger partial charge in [-0.2, -0.15) is 0 Å². The van der Waals surface area contributed by atoms with E-state index in [0.29, 0.717) is 17.9 Å². The smallest absolute Gasteiger partial charge is 0.254 e. The van der Waals surface area contributed by atoms with Crippen LogP contribution in [0.3, 0.4) is 0 Å². The van der Waals surface area contributed by atoms with Gasteiger partial charge < -0.3 is 10.2 Å². The highest BCUT2D eigenvalue weighted by Gasteiger charge is 2.38. The molecule has 0 aromatic heterocycles. The summed E-state index contributed by atoms with van der Waals surface area (Å²) in [6, 6.07) is 15.0. The molecule has 1 saturated heterocycles. The number of rotatable bonds is 2. The summed E-state index contributed by atoms with van der Waals surface area (Å²) in [5, 5.41) is 4.52. The molecule has 0 spiro atoms. The minimum atomic E-state index is 0.179. The maximum atomic E-state index is 13.2. The summed E-state index contributed by atoms with van der Waals surface area (Å²) >= 11 is 6.10. The van der Waals surface area contributed by atoms with Crippen LogP contribution in [0.5, 0.6) is 0 Å². The fourth-order valence-electron chi connectivity index (χ4n) is 5.29. The molecular formula is C25H27ClN2O. The molecule has 1 aliphatic carbocycles. The molecule has 1 N–H and O–H groups in total. The van der Waals surface area contributed by atoms with E-state index in [1.165, 1.54) is 17.5 Å². The van der Waals surface area contributed by atoms with Crippen LogP contribution in [-0.2, 0) is 0 Å². The fraction of sp³-hybridized carbons (Fsp3) is 0.400. The third-order valence-electron chi connectivity index (χ3n) is 6.90. The number of piperidine rings is 1. The minimum Gasteiger partial charge on any atom is -0.378 e. The minimum absolute atomic E-state index is 0.179. The van der Waals surface area contributed by atoms with Gasteiger partial charge in [-0.15, -0.1) is 0 Å². The van der Waals surface area contributed by atoms with Gasteiger partial charge in [0.1, 0.15) is 0 Å². The molecule has 1 amide bonds. The standard InChI is InChI=1S/C25H27ClN2O/c1-16-5-2-3-14-28(16)25(29)18-10-13-23-22(15-18)20-6-4-7-21(20)24(27-23)17-8-11-19(26)12-9-17/h4,6,8-13,15-16,20-21,24,27H,2-3,5,7,14H2,1H3/t16-,20+,21+,24-/m0/s1. The molecule has 2 aromatic carbocycles. The first-order valence-electron chi connectivity index (χ1n) is 10.8. The van der Waals surface area contributed by atoms with Gasteiger partial charge in [-0.05, 0) is 80.0 Å². The Hall–Kier alpha value is -2.26. The molecule has 5 rings (SSSR count). The lowest BCUT2D eigenvalue weighted by atomic mass is 9.76. The van der Waals surface area contributed by atoms with E-state index >= 15 is 0 Å². The van der Waals surface area contributed by atoms with E-state index in [9.17, 15) is 4.79 Å². The average Bonchev–Trinajstić information content (AvgIpc) is 3.24. The average molecular weight is 407 g/mol. The Morgan fingerprint density at radius 3 is 2.76 bits per heavy atom. The second-order valence-corrected chi connectivity index (χ2v) is 9.11. The molecule has 3 aliphatic rings. The second-order valence-electron chi connectivity index (χ2n) is 8.67. The Bertz CT molecular complexity index is 952. The fourth-order valence-corrected chi connectivity index (χ4v) is 5.42. The maximum Gasteiger partial charge on any atom is 0.254 e. The highest BCUT2D eigenvalue weighted by atomic mass is 35.5. The number of carbonyl (C=O) groups is 1. The number of hydrogen-bond donors (Lipinski definition) is 1. The number of nitrogens with zero attached hydrogens (tertiary/aromatic N) is 1. The van der Waals surface area contributed by atoms with Crippen LogP contribution in [0.15, 0.2) is 54.6 Å². The van der Waals surface area contributed by atoms with Crippen molar-refractivity contribution in [1.29, 1.82) is 0 Å². The van der Waals surface area contributed by atoms with Crippen LogP contribution in [-0.4, -0.2) is 23.4 Å². The SMILES string of the molecule is C[C@H]1CCCCN1C(=O)c1ccc2c(c1)[C@@H]1C=CC[C@H]1[C@H](c1ccc(Cl)cc1)N2. The van der Waals surface area contributed by atoms with Crippen molar-refractivity contribution in [2.45, 2.75) is 50.6 Å². The number of likely N-dealkylation sites (tertiary alicyclic amines) is 1. The summed E-state index contributed by atoms with van der Waals surface area (Å²) in [5.41, 5.74) is 4.48. The molecule has 1 fully saturated rings. The van der Waals surface area contributed by atoms with Gasteiger partial charge in [0, 0.05) is 34.8 Å². The van der Waals surface area contributed by atoms with Crippen LogP contribution in [0, 0.1) is 5.92 Å². The first-order valence-corrected chi connectivity index (χ1v) is 11.1. The number of anilines is 1.